The summed E-state index contributed by atoms with van der Waals surface area (Å²) in [7, 11) is 0. The third-order valence-electron chi connectivity index (χ3n) is 4.79. The van der Waals surface area contributed by atoms with E-state index in [4.69, 9.17) is 11.6 Å². The van der Waals surface area contributed by atoms with Crippen molar-refractivity contribution in [2.24, 2.45) is 0 Å². The summed E-state index contributed by atoms with van der Waals surface area (Å²) in [5, 5.41) is 12.9. The second-order valence-corrected chi connectivity index (χ2v) is 6.91. The van der Waals surface area contributed by atoms with E-state index in [0.717, 1.165) is 23.4 Å². The molecule has 25 heavy (non-hydrogen) atoms. The Labute approximate surface area is 151 Å². The lowest BCUT2D eigenvalue weighted by Crippen LogP contribution is -2.32. The first kappa shape index (κ1) is 17.5. The molecule has 0 atom stereocenters. The Bertz CT molecular complexity index is 799. The fourth-order valence-corrected chi connectivity index (χ4v) is 3.47. The number of hydrogen-bond acceptors (Lipinski definition) is 2. The Hall–Kier alpha value is -2.33. The molecule has 5 heteroatoms. The zero-order chi connectivity index (χ0) is 17.9. The van der Waals surface area contributed by atoms with Gasteiger partial charge in [0.1, 0.15) is 0 Å². The van der Waals surface area contributed by atoms with Crippen LogP contribution in [0.15, 0.2) is 48.5 Å². The first-order valence-corrected chi connectivity index (χ1v) is 8.72. The van der Waals surface area contributed by atoms with Gasteiger partial charge >= 0.3 is 5.97 Å². The molecule has 0 saturated heterocycles. The maximum atomic E-state index is 12.2. The highest BCUT2D eigenvalue weighted by atomic mass is 35.5. The Morgan fingerprint density at radius 1 is 1.08 bits per heavy atom. The number of carbonyl (C=O) groups excluding carboxylic acids is 1. The van der Waals surface area contributed by atoms with Crippen LogP contribution >= 0.6 is 11.6 Å². The molecule has 3 rings (SSSR count). The van der Waals surface area contributed by atoms with Gasteiger partial charge in [-0.2, -0.15) is 0 Å². The van der Waals surface area contributed by atoms with E-state index in [9.17, 15) is 14.7 Å². The van der Waals surface area contributed by atoms with E-state index in [1.807, 2.05) is 24.3 Å². The largest absolute Gasteiger partial charge is 0.478 e. The molecule has 1 aliphatic rings. The Morgan fingerprint density at radius 2 is 1.76 bits per heavy atom. The van der Waals surface area contributed by atoms with E-state index in [0.29, 0.717) is 18.5 Å². The van der Waals surface area contributed by atoms with Gasteiger partial charge in [0.25, 0.3) is 0 Å². The van der Waals surface area contributed by atoms with Gasteiger partial charge in [-0.05, 0) is 42.5 Å². The van der Waals surface area contributed by atoms with Crippen molar-refractivity contribution in [1.29, 1.82) is 0 Å². The number of nitrogens with one attached hydrogen (secondary N) is 1. The summed E-state index contributed by atoms with van der Waals surface area (Å²) in [5.74, 6) is -1.04. The standard InChI is InChI=1S/C20H20ClNO3/c21-17-8-4-3-7-16(17)20(11-12-20)13-22-18(23)10-9-14-5-1-2-6-15(14)19(24)25/h1-8H,9-13H2,(H,22,23)(H,24,25). The van der Waals surface area contributed by atoms with Crippen LogP contribution < -0.4 is 5.32 Å². The third kappa shape index (κ3) is 4.02. The van der Waals surface area contributed by atoms with Crippen LogP contribution in [0.4, 0.5) is 0 Å². The van der Waals surface area contributed by atoms with Gasteiger partial charge in [0.2, 0.25) is 5.91 Å². The molecule has 0 aromatic heterocycles. The van der Waals surface area contributed by atoms with Crippen LogP contribution in [-0.2, 0) is 16.6 Å². The topological polar surface area (TPSA) is 66.4 Å². The summed E-state index contributed by atoms with van der Waals surface area (Å²) >= 11 is 6.28. The van der Waals surface area contributed by atoms with E-state index >= 15 is 0 Å². The van der Waals surface area contributed by atoms with Crippen LogP contribution in [0.25, 0.3) is 0 Å². The number of aromatic carboxylic acids is 1. The number of rotatable bonds is 7. The number of aryl methyl sites for hydroxylation is 1. The number of carboxylic acids is 1. The van der Waals surface area contributed by atoms with E-state index in [1.54, 1.807) is 24.3 Å². The van der Waals surface area contributed by atoms with Crippen LogP contribution in [0.2, 0.25) is 5.02 Å². The second-order valence-electron chi connectivity index (χ2n) is 6.50. The van der Waals surface area contributed by atoms with Gasteiger partial charge in [-0.15, -0.1) is 0 Å². The molecule has 0 spiro atoms. The minimum atomic E-state index is -0.966. The molecule has 0 heterocycles. The fourth-order valence-electron chi connectivity index (χ4n) is 3.13. The molecule has 130 valence electrons. The molecule has 0 unspecified atom stereocenters. The summed E-state index contributed by atoms with van der Waals surface area (Å²) < 4.78 is 0. The zero-order valence-corrected chi connectivity index (χ0v) is 14.6. The van der Waals surface area contributed by atoms with Crippen molar-refractivity contribution < 1.29 is 14.7 Å². The van der Waals surface area contributed by atoms with Crippen LogP contribution in [0, 0.1) is 0 Å². The van der Waals surface area contributed by atoms with Gasteiger partial charge in [0.15, 0.2) is 0 Å². The Morgan fingerprint density at radius 3 is 2.44 bits per heavy atom. The van der Waals surface area contributed by atoms with E-state index < -0.39 is 5.97 Å². The van der Waals surface area contributed by atoms with E-state index in [-0.39, 0.29) is 23.3 Å². The summed E-state index contributed by atoms with van der Waals surface area (Å²) in [4.78, 5) is 23.4. The lowest BCUT2D eigenvalue weighted by Gasteiger charge is -2.18. The molecule has 1 aliphatic carbocycles. The highest BCUT2D eigenvalue weighted by Crippen LogP contribution is 2.49. The number of carbonyl (C=O) groups is 2. The number of carboxylic acid groups (broad SMARTS) is 1. The first-order valence-electron chi connectivity index (χ1n) is 8.35. The van der Waals surface area contributed by atoms with Gasteiger partial charge < -0.3 is 10.4 Å². The van der Waals surface area contributed by atoms with Gasteiger partial charge in [0, 0.05) is 23.4 Å². The van der Waals surface area contributed by atoms with Crippen molar-refractivity contribution in [3.05, 3.63) is 70.2 Å². The quantitative estimate of drug-likeness (QED) is 0.791. The van der Waals surface area contributed by atoms with Crippen LogP contribution in [0.1, 0.15) is 40.7 Å². The van der Waals surface area contributed by atoms with Crippen molar-refractivity contribution in [3.8, 4) is 0 Å². The normalized spacial score (nSPS) is 14.8. The molecule has 1 amide bonds. The van der Waals surface area contributed by atoms with Crippen molar-refractivity contribution in [3.63, 3.8) is 0 Å². The molecular formula is C20H20ClNO3. The third-order valence-corrected chi connectivity index (χ3v) is 5.12. The Kier molecular flexibility index (Phi) is 5.09. The first-order chi connectivity index (χ1) is 12.0. The molecule has 1 fully saturated rings. The molecule has 1 saturated carbocycles. The van der Waals surface area contributed by atoms with Gasteiger partial charge in [-0.25, -0.2) is 4.79 Å². The molecule has 0 aliphatic heterocycles. The van der Waals surface area contributed by atoms with Gasteiger partial charge in [-0.1, -0.05) is 48.0 Å². The van der Waals surface area contributed by atoms with E-state index in [2.05, 4.69) is 5.32 Å². The highest BCUT2D eigenvalue weighted by Gasteiger charge is 2.45. The number of benzene rings is 2. The van der Waals surface area contributed by atoms with Gasteiger partial charge in [0.05, 0.1) is 5.56 Å². The predicted molar refractivity (Wildman–Crippen MR) is 97.1 cm³/mol. The summed E-state index contributed by atoms with van der Waals surface area (Å²) in [6.07, 6.45) is 2.70. The average molecular weight is 358 g/mol. The summed E-state index contributed by atoms with van der Waals surface area (Å²) in [6, 6.07) is 14.6. The van der Waals surface area contributed by atoms with Crippen molar-refractivity contribution in [2.75, 3.05) is 6.54 Å². The maximum Gasteiger partial charge on any atom is 0.335 e. The molecule has 0 radical (unpaired) electrons. The van der Waals surface area contributed by atoms with Gasteiger partial charge in [-0.3, -0.25) is 4.79 Å². The number of amides is 1. The summed E-state index contributed by atoms with van der Waals surface area (Å²) in [6.45, 7) is 0.566. The van der Waals surface area contributed by atoms with Crippen molar-refractivity contribution in [1.82, 2.24) is 5.32 Å². The lowest BCUT2D eigenvalue weighted by molar-refractivity contribution is -0.121. The molecular weight excluding hydrogens is 338 g/mol. The average Bonchev–Trinajstić information content (AvgIpc) is 3.39. The zero-order valence-electron chi connectivity index (χ0n) is 13.8. The van der Waals surface area contributed by atoms with Crippen LogP contribution in [0.5, 0.6) is 0 Å². The molecule has 2 aromatic carbocycles. The summed E-state index contributed by atoms with van der Waals surface area (Å²) in [5.41, 5.74) is 1.98. The van der Waals surface area contributed by atoms with Crippen LogP contribution in [0.3, 0.4) is 0 Å². The van der Waals surface area contributed by atoms with Crippen LogP contribution in [-0.4, -0.2) is 23.5 Å². The Balaban J connectivity index is 1.56. The SMILES string of the molecule is O=C(CCc1ccccc1C(=O)O)NCC1(c2ccccc2Cl)CC1. The monoisotopic (exact) mass is 357 g/mol. The fraction of sp³-hybridized carbons (Fsp3) is 0.300. The smallest absolute Gasteiger partial charge is 0.335 e. The molecule has 2 N–H and O–H groups in total. The minimum Gasteiger partial charge on any atom is -0.478 e. The van der Waals surface area contributed by atoms with E-state index in [1.165, 1.54) is 0 Å². The van der Waals surface area contributed by atoms with Crippen molar-refractivity contribution in [2.45, 2.75) is 31.1 Å². The molecule has 4 nitrogen and oxygen atoms in total. The maximum absolute atomic E-state index is 12.2. The predicted octanol–water partition coefficient (Wildman–Crippen LogP) is 3.82. The molecule has 0 bridgehead atoms. The second kappa shape index (κ2) is 7.28. The van der Waals surface area contributed by atoms with Crippen molar-refractivity contribution >= 4 is 23.5 Å². The number of hydrogen-bond donors (Lipinski definition) is 2. The molecule has 2 aromatic rings. The minimum absolute atomic E-state index is 0.0486. The highest BCUT2D eigenvalue weighted by molar-refractivity contribution is 6.31. The lowest BCUT2D eigenvalue weighted by atomic mass is 9.95. The number of halogens is 1.